The second kappa shape index (κ2) is 9.18. The Balaban J connectivity index is 1.69. The van der Waals surface area contributed by atoms with Gasteiger partial charge in [-0.1, -0.05) is 0 Å². The molecule has 1 aromatic carbocycles. The Labute approximate surface area is 188 Å². The number of nitrogens with one attached hydrogen (secondary N) is 3. The number of carbonyl (C=O) groups excluding carboxylic acids is 3. The van der Waals surface area contributed by atoms with E-state index in [9.17, 15) is 14.4 Å². The molecule has 2 aromatic rings. The third-order valence-corrected chi connectivity index (χ3v) is 6.49. The predicted octanol–water partition coefficient (Wildman–Crippen LogP) is 4.28. The van der Waals surface area contributed by atoms with Crippen LogP contribution in [0.3, 0.4) is 0 Å². The molecule has 160 valence electrons. The molecule has 0 atom stereocenters. The lowest BCUT2D eigenvalue weighted by molar-refractivity contribution is -0.120. The first-order valence-electron chi connectivity index (χ1n) is 9.73. The van der Waals surface area contributed by atoms with Crippen LogP contribution in [-0.4, -0.2) is 36.5 Å². The smallest absolute Gasteiger partial charge is 0.321 e. The molecule has 3 rings (SSSR count). The summed E-state index contributed by atoms with van der Waals surface area (Å²) in [6.45, 7) is 6.57. The zero-order chi connectivity index (χ0) is 21.9. The number of amides is 4. The quantitative estimate of drug-likeness (QED) is 0.581. The molecule has 30 heavy (non-hydrogen) atoms. The molecule has 2 heterocycles. The largest absolute Gasteiger partial charge is 0.338 e. The van der Waals surface area contributed by atoms with Crippen molar-refractivity contribution in [2.75, 3.05) is 23.3 Å². The van der Waals surface area contributed by atoms with Gasteiger partial charge in [0.15, 0.2) is 0 Å². The molecule has 1 aromatic heterocycles. The van der Waals surface area contributed by atoms with Crippen LogP contribution in [0, 0.1) is 6.92 Å². The van der Waals surface area contributed by atoms with Gasteiger partial charge in [-0.15, -0.1) is 11.3 Å². The number of thiophene rings is 1. The molecule has 0 saturated carbocycles. The van der Waals surface area contributed by atoms with Crippen LogP contribution < -0.4 is 20.9 Å². The zero-order valence-corrected chi connectivity index (χ0v) is 19.6. The summed E-state index contributed by atoms with van der Waals surface area (Å²) in [5, 5.41) is 8.53. The van der Waals surface area contributed by atoms with Gasteiger partial charge in [-0.25, -0.2) is 4.79 Å². The summed E-state index contributed by atoms with van der Waals surface area (Å²) in [6, 6.07) is 8.84. The maximum atomic E-state index is 12.8. The summed E-state index contributed by atoms with van der Waals surface area (Å²) >= 11 is 4.64. The van der Waals surface area contributed by atoms with E-state index in [2.05, 4.69) is 31.9 Å². The van der Waals surface area contributed by atoms with Gasteiger partial charge < -0.3 is 16.0 Å². The Morgan fingerprint density at radius 3 is 2.63 bits per heavy atom. The van der Waals surface area contributed by atoms with Gasteiger partial charge in [-0.3, -0.25) is 14.5 Å². The zero-order valence-electron chi connectivity index (χ0n) is 17.2. The maximum Gasteiger partial charge on any atom is 0.321 e. The Kier molecular flexibility index (Phi) is 6.82. The molecule has 0 spiro atoms. The molecule has 1 fully saturated rings. The van der Waals surface area contributed by atoms with Crippen molar-refractivity contribution in [2.45, 2.75) is 39.2 Å². The first-order valence-corrected chi connectivity index (χ1v) is 11.3. The molecule has 7 nitrogen and oxygen atoms in total. The first kappa shape index (κ1) is 22.3. The lowest BCUT2D eigenvalue weighted by atomic mass is 10.0. The van der Waals surface area contributed by atoms with Crippen LogP contribution in [-0.2, 0) is 4.79 Å². The average molecular weight is 493 g/mol. The van der Waals surface area contributed by atoms with Gasteiger partial charge in [0.1, 0.15) is 5.54 Å². The van der Waals surface area contributed by atoms with Gasteiger partial charge in [0.2, 0.25) is 5.91 Å². The van der Waals surface area contributed by atoms with Crippen LogP contribution in [0.15, 0.2) is 34.1 Å². The van der Waals surface area contributed by atoms with Crippen LogP contribution >= 0.6 is 27.3 Å². The minimum atomic E-state index is -1.11. The molecule has 0 unspecified atom stereocenters. The maximum absolute atomic E-state index is 12.8. The van der Waals surface area contributed by atoms with Gasteiger partial charge in [0.25, 0.3) is 5.91 Å². The van der Waals surface area contributed by atoms with Crippen LogP contribution in [0.25, 0.3) is 0 Å². The fourth-order valence-electron chi connectivity index (χ4n) is 3.18. The van der Waals surface area contributed by atoms with Gasteiger partial charge in [0.05, 0.1) is 8.66 Å². The second-order valence-electron chi connectivity index (χ2n) is 7.73. The minimum absolute atomic E-state index is 0.101. The van der Waals surface area contributed by atoms with Gasteiger partial charge in [-0.05, 0) is 85.4 Å². The van der Waals surface area contributed by atoms with Gasteiger partial charge in [0, 0.05) is 24.5 Å². The normalized spacial score (nSPS) is 14.7. The van der Waals surface area contributed by atoms with E-state index < -0.39 is 5.54 Å². The van der Waals surface area contributed by atoms with Crippen molar-refractivity contribution in [3.63, 3.8) is 0 Å². The van der Waals surface area contributed by atoms with Crippen molar-refractivity contribution in [3.8, 4) is 0 Å². The third kappa shape index (κ3) is 5.20. The minimum Gasteiger partial charge on any atom is -0.338 e. The molecule has 0 aliphatic carbocycles. The summed E-state index contributed by atoms with van der Waals surface area (Å²) in [6.07, 6.45) is 1.89. The Hall–Kier alpha value is -2.39. The average Bonchev–Trinajstić information content (AvgIpc) is 3.00. The van der Waals surface area contributed by atoms with Gasteiger partial charge >= 0.3 is 6.03 Å². The highest BCUT2D eigenvalue weighted by molar-refractivity contribution is 9.11. The van der Waals surface area contributed by atoms with Crippen LogP contribution in [0.1, 0.15) is 41.9 Å². The van der Waals surface area contributed by atoms with E-state index >= 15 is 0 Å². The highest BCUT2D eigenvalue weighted by Crippen LogP contribution is 2.26. The fourth-order valence-corrected chi connectivity index (χ4v) is 4.46. The van der Waals surface area contributed by atoms with Crippen LogP contribution in [0.2, 0.25) is 0 Å². The summed E-state index contributed by atoms with van der Waals surface area (Å²) in [7, 11) is 0. The number of benzene rings is 1. The van der Waals surface area contributed by atoms with Crippen LogP contribution in [0.4, 0.5) is 16.2 Å². The standard InChI is InChI=1S/C21H25BrN4O3S/c1-13-12-14(6-7-15(13)26-11-5-4-10-23-20(26)29)24-19(28)21(2,3)25-18(27)16-8-9-17(22)30-16/h6-9,12H,4-5,10-11H2,1-3H3,(H,23,29)(H,24,28)(H,25,27). The Bertz CT molecular complexity index is 973. The molecule has 1 aliphatic heterocycles. The molecule has 0 bridgehead atoms. The lowest BCUT2D eigenvalue weighted by Gasteiger charge is -2.26. The van der Waals surface area contributed by atoms with E-state index in [1.807, 2.05) is 19.1 Å². The first-order chi connectivity index (χ1) is 14.2. The van der Waals surface area contributed by atoms with Crippen LogP contribution in [0.5, 0.6) is 0 Å². The van der Waals surface area contributed by atoms with Crippen molar-refractivity contribution in [2.24, 2.45) is 0 Å². The summed E-state index contributed by atoms with van der Waals surface area (Å²) in [5.41, 5.74) is 1.21. The number of hydrogen-bond donors (Lipinski definition) is 3. The van der Waals surface area contributed by atoms with E-state index in [0.717, 1.165) is 27.9 Å². The van der Waals surface area contributed by atoms with Crippen molar-refractivity contribution >= 4 is 56.5 Å². The van der Waals surface area contributed by atoms with Gasteiger partial charge in [-0.2, -0.15) is 0 Å². The molecular formula is C21H25BrN4O3S. The van der Waals surface area contributed by atoms with Crippen molar-refractivity contribution in [1.29, 1.82) is 0 Å². The molecule has 4 amide bonds. The second-order valence-corrected chi connectivity index (χ2v) is 10.2. The highest BCUT2D eigenvalue weighted by atomic mass is 79.9. The molecule has 0 radical (unpaired) electrons. The summed E-state index contributed by atoms with van der Waals surface area (Å²) in [5.74, 6) is -0.629. The highest BCUT2D eigenvalue weighted by Gasteiger charge is 2.30. The molecule has 9 heteroatoms. The van der Waals surface area contributed by atoms with E-state index in [1.165, 1.54) is 11.3 Å². The molecule has 3 N–H and O–H groups in total. The number of urea groups is 1. The monoisotopic (exact) mass is 492 g/mol. The molecule has 1 saturated heterocycles. The molecular weight excluding hydrogens is 468 g/mol. The SMILES string of the molecule is Cc1cc(NC(=O)C(C)(C)NC(=O)c2ccc(Br)s2)ccc1N1CCCCNC1=O. The van der Waals surface area contributed by atoms with Crippen molar-refractivity contribution in [1.82, 2.24) is 10.6 Å². The van der Waals surface area contributed by atoms with E-state index in [-0.39, 0.29) is 17.8 Å². The summed E-state index contributed by atoms with van der Waals surface area (Å²) < 4.78 is 0.851. The summed E-state index contributed by atoms with van der Waals surface area (Å²) in [4.78, 5) is 39.8. The number of hydrogen-bond acceptors (Lipinski definition) is 4. The topological polar surface area (TPSA) is 90.5 Å². The fraction of sp³-hybridized carbons (Fsp3) is 0.381. The predicted molar refractivity (Wildman–Crippen MR) is 123 cm³/mol. The number of aryl methyl sites for hydroxylation is 1. The number of rotatable bonds is 5. The lowest BCUT2D eigenvalue weighted by Crippen LogP contribution is -2.52. The third-order valence-electron chi connectivity index (χ3n) is 4.87. The van der Waals surface area contributed by atoms with E-state index in [4.69, 9.17) is 0 Å². The van der Waals surface area contributed by atoms with E-state index in [1.54, 1.807) is 36.9 Å². The Morgan fingerprint density at radius 2 is 1.97 bits per heavy atom. The van der Waals surface area contributed by atoms with Crippen molar-refractivity contribution < 1.29 is 14.4 Å². The van der Waals surface area contributed by atoms with E-state index in [0.29, 0.717) is 23.7 Å². The number of carbonyl (C=O) groups is 3. The number of anilines is 2. The Morgan fingerprint density at radius 1 is 1.20 bits per heavy atom. The number of halogens is 1. The van der Waals surface area contributed by atoms with Crippen molar-refractivity contribution in [3.05, 3.63) is 44.6 Å². The molecule has 1 aliphatic rings. The number of nitrogens with zero attached hydrogens (tertiary/aromatic N) is 1.